The summed E-state index contributed by atoms with van der Waals surface area (Å²) in [5.74, 6) is 0.853. The molecule has 100 valence electrons. The highest BCUT2D eigenvalue weighted by atomic mass is 35.5. The van der Waals surface area contributed by atoms with Crippen molar-refractivity contribution in [3.63, 3.8) is 0 Å². The molecule has 0 bridgehead atoms. The number of anilines is 1. The first-order valence-corrected chi connectivity index (χ1v) is 6.33. The van der Waals surface area contributed by atoms with E-state index in [-0.39, 0.29) is 0 Å². The SMILES string of the molecule is Cc1cc(-c2nc(-c3ccc(Cl)cn3)no2)ccc1N. The molecule has 0 amide bonds. The number of halogens is 1. The second-order valence-electron chi connectivity index (χ2n) is 4.36. The number of hydrogen-bond donors (Lipinski definition) is 1. The maximum atomic E-state index is 5.79. The Bertz CT molecular complexity index is 752. The predicted molar refractivity (Wildman–Crippen MR) is 77.1 cm³/mol. The Morgan fingerprint density at radius 3 is 2.75 bits per heavy atom. The highest BCUT2D eigenvalue weighted by molar-refractivity contribution is 6.30. The molecule has 0 atom stereocenters. The summed E-state index contributed by atoms with van der Waals surface area (Å²) in [5, 5.41) is 4.48. The molecule has 0 saturated carbocycles. The molecular weight excluding hydrogens is 276 g/mol. The minimum atomic E-state index is 0.422. The van der Waals surface area contributed by atoms with Gasteiger partial charge in [0.1, 0.15) is 5.69 Å². The van der Waals surface area contributed by atoms with Crippen LogP contribution in [0.15, 0.2) is 41.1 Å². The predicted octanol–water partition coefficient (Wildman–Crippen LogP) is 3.34. The van der Waals surface area contributed by atoms with E-state index in [1.807, 2.05) is 25.1 Å². The van der Waals surface area contributed by atoms with Crippen LogP contribution >= 0.6 is 11.6 Å². The Labute approximate surface area is 120 Å². The fraction of sp³-hybridized carbons (Fsp3) is 0.0714. The van der Waals surface area contributed by atoms with E-state index in [1.54, 1.807) is 18.3 Å². The van der Waals surface area contributed by atoms with Gasteiger partial charge in [-0.2, -0.15) is 4.98 Å². The highest BCUT2D eigenvalue weighted by Crippen LogP contribution is 2.24. The summed E-state index contributed by atoms with van der Waals surface area (Å²) in [5.41, 5.74) is 8.91. The Morgan fingerprint density at radius 1 is 1.20 bits per heavy atom. The third-order valence-electron chi connectivity index (χ3n) is 2.90. The molecule has 0 radical (unpaired) electrons. The monoisotopic (exact) mass is 286 g/mol. The molecule has 2 aromatic heterocycles. The number of rotatable bonds is 2. The molecule has 2 heterocycles. The van der Waals surface area contributed by atoms with Gasteiger partial charge in [-0.15, -0.1) is 0 Å². The number of nitrogens with zero attached hydrogens (tertiary/aromatic N) is 3. The van der Waals surface area contributed by atoms with E-state index >= 15 is 0 Å². The van der Waals surface area contributed by atoms with Gasteiger partial charge in [0, 0.05) is 17.4 Å². The molecule has 0 fully saturated rings. The van der Waals surface area contributed by atoms with Gasteiger partial charge >= 0.3 is 0 Å². The number of nitrogens with two attached hydrogens (primary N) is 1. The molecule has 0 spiro atoms. The lowest BCUT2D eigenvalue weighted by molar-refractivity contribution is 0.432. The van der Waals surface area contributed by atoms with Gasteiger partial charge in [-0.3, -0.25) is 4.98 Å². The zero-order valence-electron chi connectivity index (χ0n) is 10.7. The molecule has 0 unspecified atom stereocenters. The summed E-state index contributed by atoms with van der Waals surface area (Å²) < 4.78 is 5.26. The zero-order valence-corrected chi connectivity index (χ0v) is 11.4. The van der Waals surface area contributed by atoms with E-state index in [4.69, 9.17) is 21.9 Å². The van der Waals surface area contributed by atoms with E-state index in [0.29, 0.717) is 22.4 Å². The third-order valence-corrected chi connectivity index (χ3v) is 3.12. The lowest BCUT2D eigenvalue weighted by Crippen LogP contribution is -1.89. The normalized spacial score (nSPS) is 10.7. The summed E-state index contributed by atoms with van der Waals surface area (Å²) in [4.78, 5) is 8.48. The van der Waals surface area contributed by atoms with E-state index in [0.717, 1.165) is 16.8 Å². The first-order valence-electron chi connectivity index (χ1n) is 5.95. The van der Waals surface area contributed by atoms with E-state index in [9.17, 15) is 0 Å². The summed E-state index contributed by atoms with van der Waals surface area (Å²) in [6, 6.07) is 9.03. The van der Waals surface area contributed by atoms with Crippen LogP contribution < -0.4 is 5.73 Å². The first-order chi connectivity index (χ1) is 9.63. The van der Waals surface area contributed by atoms with Crippen LogP contribution in [0, 0.1) is 6.92 Å². The molecule has 0 aliphatic carbocycles. The molecule has 0 aliphatic rings. The smallest absolute Gasteiger partial charge is 0.258 e. The molecule has 20 heavy (non-hydrogen) atoms. The van der Waals surface area contributed by atoms with Gasteiger partial charge in [-0.1, -0.05) is 16.8 Å². The summed E-state index contributed by atoms with van der Waals surface area (Å²) >= 11 is 5.79. The largest absolute Gasteiger partial charge is 0.399 e. The van der Waals surface area contributed by atoms with Crippen molar-refractivity contribution in [3.05, 3.63) is 47.1 Å². The van der Waals surface area contributed by atoms with Gasteiger partial charge in [0.05, 0.1) is 5.02 Å². The van der Waals surface area contributed by atoms with Crippen molar-refractivity contribution in [1.82, 2.24) is 15.1 Å². The zero-order chi connectivity index (χ0) is 14.1. The van der Waals surface area contributed by atoms with Crippen molar-refractivity contribution in [2.24, 2.45) is 0 Å². The van der Waals surface area contributed by atoms with Crippen LogP contribution in [0.4, 0.5) is 5.69 Å². The fourth-order valence-electron chi connectivity index (χ4n) is 1.76. The summed E-state index contributed by atoms with van der Waals surface area (Å²) in [6.07, 6.45) is 1.54. The van der Waals surface area contributed by atoms with Crippen LogP contribution in [0.5, 0.6) is 0 Å². The van der Waals surface area contributed by atoms with Crippen LogP contribution in [0.3, 0.4) is 0 Å². The fourth-order valence-corrected chi connectivity index (χ4v) is 1.87. The van der Waals surface area contributed by atoms with Crippen LogP contribution in [0.25, 0.3) is 23.0 Å². The van der Waals surface area contributed by atoms with E-state index < -0.39 is 0 Å². The minimum Gasteiger partial charge on any atom is -0.399 e. The summed E-state index contributed by atoms with van der Waals surface area (Å²) in [6.45, 7) is 1.93. The van der Waals surface area contributed by atoms with Crippen LogP contribution in [0.2, 0.25) is 5.02 Å². The van der Waals surface area contributed by atoms with Crippen LogP contribution in [0.1, 0.15) is 5.56 Å². The standard InChI is InChI=1S/C14H11ClN4O/c1-8-6-9(2-4-11(8)16)14-18-13(19-20-14)12-5-3-10(15)7-17-12/h2-7H,16H2,1H3. The van der Waals surface area contributed by atoms with Crippen LogP contribution in [-0.4, -0.2) is 15.1 Å². The average Bonchev–Trinajstić information content (AvgIpc) is 2.92. The van der Waals surface area contributed by atoms with Crippen molar-refractivity contribution in [1.29, 1.82) is 0 Å². The number of benzene rings is 1. The van der Waals surface area contributed by atoms with Crippen molar-refractivity contribution < 1.29 is 4.52 Å². The topological polar surface area (TPSA) is 77.8 Å². The quantitative estimate of drug-likeness (QED) is 0.731. The minimum absolute atomic E-state index is 0.422. The Hall–Kier alpha value is -2.40. The van der Waals surface area contributed by atoms with Gasteiger partial charge in [0.25, 0.3) is 5.89 Å². The van der Waals surface area contributed by atoms with Gasteiger partial charge in [-0.05, 0) is 42.8 Å². The molecule has 3 aromatic rings. The second kappa shape index (κ2) is 4.94. The van der Waals surface area contributed by atoms with Gasteiger partial charge in [0.15, 0.2) is 0 Å². The third kappa shape index (κ3) is 2.35. The molecule has 2 N–H and O–H groups in total. The molecule has 1 aromatic carbocycles. The van der Waals surface area contributed by atoms with Gasteiger partial charge in [0.2, 0.25) is 5.82 Å². The first kappa shape index (κ1) is 12.6. The Balaban J connectivity index is 1.97. The number of hydrogen-bond acceptors (Lipinski definition) is 5. The number of aryl methyl sites for hydroxylation is 1. The summed E-state index contributed by atoms with van der Waals surface area (Å²) in [7, 11) is 0. The molecule has 0 aliphatic heterocycles. The molecule has 6 heteroatoms. The second-order valence-corrected chi connectivity index (χ2v) is 4.79. The lowest BCUT2D eigenvalue weighted by atomic mass is 10.1. The van der Waals surface area contributed by atoms with Crippen molar-refractivity contribution >= 4 is 17.3 Å². The van der Waals surface area contributed by atoms with Gasteiger partial charge in [-0.25, -0.2) is 0 Å². The van der Waals surface area contributed by atoms with E-state index in [1.165, 1.54) is 0 Å². The van der Waals surface area contributed by atoms with Gasteiger partial charge < -0.3 is 10.3 Å². The number of nitrogen functional groups attached to an aromatic ring is 1. The highest BCUT2D eigenvalue weighted by Gasteiger charge is 2.12. The average molecular weight is 287 g/mol. The van der Waals surface area contributed by atoms with E-state index in [2.05, 4.69) is 15.1 Å². The lowest BCUT2D eigenvalue weighted by Gasteiger charge is -2.00. The van der Waals surface area contributed by atoms with Crippen molar-refractivity contribution in [2.45, 2.75) is 6.92 Å². The number of pyridine rings is 1. The molecule has 3 rings (SSSR count). The van der Waals surface area contributed by atoms with Crippen molar-refractivity contribution in [2.75, 3.05) is 5.73 Å². The molecule has 5 nitrogen and oxygen atoms in total. The van der Waals surface area contributed by atoms with Crippen LogP contribution in [-0.2, 0) is 0 Å². The Kier molecular flexibility index (Phi) is 3.12. The number of aromatic nitrogens is 3. The van der Waals surface area contributed by atoms with Crippen molar-refractivity contribution in [3.8, 4) is 23.0 Å². The maximum absolute atomic E-state index is 5.79. The molecular formula is C14H11ClN4O. The Morgan fingerprint density at radius 2 is 2.05 bits per heavy atom. The molecule has 0 saturated heterocycles. The maximum Gasteiger partial charge on any atom is 0.258 e.